The molecule has 0 radical (unpaired) electrons. The van der Waals surface area contributed by atoms with Gasteiger partial charge in [0.1, 0.15) is 5.75 Å². The quantitative estimate of drug-likeness (QED) is 0.803. The van der Waals surface area contributed by atoms with Crippen molar-refractivity contribution in [3.8, 4) is 5.75 Å². The molecular formula is C14H19NO2. The predicted molar refractivity (Wildman–Crippen MR) is 67.5 cm³/mol. The Balaban J connectivity index is 2.20. The van der Waals surface area contributed by atoms with Gasteiger partial charge >= 0.3 is 0 Å². The van der Waals surface area contributed by atoms with Gasteiger partial charge in [0.2, 0.25) is 0 Å². The predicted octanol–water partition coefficient (Wildman–Crippen LogP) is 2.63. The third kappa shape index (κ3) is 2.60. The van der Waals surface area contributed by atoms with Gasteiger partial charge in [-0.3, -0.25) is 4.79 Å². The first kappa shape index (κ1) is 12.0. The molecule has 1 amide bonds. The van der Waals surface area contributed by atoms with E-state index >= 15 is 0 Å². The van der Waals surface area contributed by atoms with Crippen molar-refractivity contribution in [3.05, 3.63) is 29.3 Å². The minimum Gasteiger partial charge on any atom is -0.494 e. The Bertz CT molecular complexity index is 409. The summed E-state index contributed by atoms with van der Waals surface area (Å²) in [5.74, 6) is 0.945. The Kier molecular flexibility index (Phi) is 3.67. The van der Waals surface area contributed by atoms with Crippen LogP contribution in [0.2, 0.25) is 0 Å². The van der Waals surface area contributed by atoms with Gasteiger partial charge in [0.15, 0.2) is 0 Å². The third-order valence-electron chi connectivity index (χ3n) is 3.13. The molecule has 2 rings (SSSR count). The van der Waals surface area contributed by atoms with Crippen LogP contribution in [0.5, 0.6) is 5.75 Å². The minimum absolute atomic E-state index is 0.128. The molecule has 0 atom stereocenters. The van der Waals surface area contributed by atoms with Gasteiger partial charge < -0.3 is 9.64 Å². The van der Waals surface area contributed by atoms with Crippen molar-refractivity contribution in [1.29, 1.82) is 0 Å². The molecule has 0 saturated carbocycles. The number of ether oxygens (including phenoxy) is 1. The number of hydrogen-bond acceptors (Lipinski definition) is 2. The third-order valence-corrected chi connectivity index (χ3v) is 3.13. The standard InChI is InChI=1S/C14H19NO2/c1-3-17-13-10-12(7-6-11(13)2)14(16)15-8-4-5-9-15/h6-7,10H,3-5,8-9H2,1-2H3. The van der Waals surface area contributed by atoms with E-state index in [2.05, 4.69) is 0 Å². The number of rotatable bonds is 3. The van der Waals surface area contributed by atoms with E-state index < -0.39 is 0 Å². The van der Waals surface area contributed by atoms with Crippen LogP contribution in [-0.4, -0.2) is 30.5 Å². The highest BCUT2D eigenvalue weighted by Crippen LogP contribution is 2.21. The lowest BCUT2D eigenvalue weighted by molar-refractivity contribution is 0.0792. The fraction of sp³-hybridized carbons (Fsp3) is 0.500. The van der Waals surface area contributed by atoms with Gasteiger partial charge in [0.05, 0.1) is 6.61 Å². The molecular weight excluding hydrogens is 214 g/mol. The molecule has 0 N–H and O–H groups in total. The lowest BCUT2D eigenvalue weighted by Gasteiger charge is -2.16. The van der Waals surface area contributed by atoms with Crippen LogP contribution in [0, 0.1) is 6.92 Å². The van der Waals surface area contributed by atoms with Crippen LogP contribution >= 0.6 is 0 Å². The van der Waals surface area contributed by atoms with E-state index in [0.717, 1.165) is 42.8 Å². The molecule has 3 nitrogen and oxygen atoms in total. The highest BCUT2D eigenvalue weighted by atomic mass is 16.5. The molecule has 1 aromatic rings. The second-order valence-corrected chi connectivity index (χ2v) is 4.41. The first-order valence-corrected chi connectivity index (χ1v) is 6.25. The molecule has 0 bridgehead atoms. The van der Waals surface area contributed by atoms with E-state index in [1.807, 2.05) is 36.9 Å². The Morgan fingerprint density at radius 2 is 2.06 bits per heavy atom. The SMILES string of the molecule is CCOc1cc(C(=O)N2CCCC2)ccc1C. The maximum Gasteiger partial charge on any atom is 0.253 e. The van der Waals surface area contributed by atoms with Gasteiger partial charge in [-0.2, -0.15) is 0 Å². The average Bonchev–Trinajstić information content (AvgIpc) is 2.85. The average molecular weight is 233 g/mol. The van der Waals surface area contributed by atoms with Crippen molar-refractivity contribution in [2.45, 2.75) is 26.7 Å². The van der Waals surface area contributed by atoms with E-state index in [9.17, 15) is 4.79 Å². The highest BCUT2D eigenvalue weighted by molar-refractivity contribution is 5.94. The topological polar surface area (TPSA) is 29.5 Å². The van der Waals surface area contributed by atoms with Crippen LogP contribution in [0.1, 0.15) is 35.7 Å². The van der Waals surface area contributed by atoms with Gasteiger partial charge in [-0.15, -0.1) is 0 Å². The molecule has 1 aromatic carbocycles. The maximum absolute atomic E-state index is 12.2. The lowest BCUT2D eigenvalue weighted by atomic mass is 10.1. The normalized spacial score (nSPS) is 15.1. The zero-order chi connectivity index (χ0) is 12.3. The number of hydrogen-bond donors (Lipinski definition) is 0. The van der Waals surface area contributed by atoms with Gasteiger partial charge in [-0.1, -0.05) is 6.07 Å². The van der Waals surface area contributed by atoms with E-state index in [1.165, 1.54) is 0 Å². The van der Waals surface area contributed by atoms with Crippen LogP contribution in [0.15, 0.2) is 18.2 Å². The number of carbonyl (C=O) groups is 1. The highest BCUT2D eigenvalue weighted by Gasteiger charge is 2.19. The number of nitrogens with zero attached hydrogens (tertiary/aromatic N) is 1. The summed E-state index contributed by atoms with van der Waals surface area (Å²) in [6.07, 6.45) is 2.24. The van der Waals surface area contributed by atoms with Gasteiger partial charge in [-0.25, -0.2) is 0 Å². The van der Waals surface area contributed by atoms with Crippen molar-refractivity contribution >= 4 is 5.91 Å². The molecule has 1 aliphatic heterocycles. The molecule has 0 aliphatic carbocycles. The molecule has 1 fully saturated rings. The molecule has 17 heavy (non-hydrogen) atoms. The van der Waals surface area contributed by atoms with E-state index in [-0.39, 0.29) is 5.91 Å². The number of benzene rings is 1. The molecule has 3 heteroatoms. The van der Waals surface area contributed by atoms with Crippen molar-refractivity contribution in [2.75, 3.05) is 19.7 Å². The minimum atomic E-state index is 0.128. The largest absolute Gasteiger partial charge is 0.494 e. The Morgan fingerprint density at radius 1 is 1.35 bits per heavy atom. The van der Waals surface area contributed by atoms with E-state index in [4.69, 9.17) is 4.74 Å². The van der Waals surface area contributed by atoms with Crippen molar-refractivity contribution < 1.29 is 9.53 Å². The van der Waals surface area contributed by atoms with Crippen molar-refractivity contribution in [2.24, 2.45) is 0 Å². The summed E-state index contributed by atoms with van der Waals surface area (Å²) in [6, 6.07) is 5.70. The van der Waals surface area contributed by atoms with Crippen molar-refractivity contribution in [3.63, 3.8) is 0 Å². The fourth-order valence-corrected chi connectivity index (χ4v) is 2.15. The number of aryl methyl sites for hydroxylation is 1. The number of amides is 1. The van der Waals surface area contributed by atoms with Gasteiger partial charge in [-0.05, 0) is 44.4 Å². The van der Waals surface area contributed by atoms with Gasteiger partial charge in [0.25, 0.3) is 5.91 Å². The summed E-state index contributed by atoms with van der Waals surface area (Å²) < 4.78 is 5.52. The first-order chi connectivity index (χ1) is 8.22. The number of likely N-dealkylation sites (tertiary alicyclic amines) is 1. The Labute approximate surface area is 102 Å². The van der Waals surface area contributed by atoms with Crippen LogP contribution in [0.25, 0.3) is 0 Å². The summed E-state index contributed by atoms with van der Waals surface area (Å²) in [4.78, 5) is 14.1. The first-order valence-electron chi connectivity index (χ1n) is 6.25. The Hall–Kier alpha value is -1.51. The van der Waals surface area contributed by atoms with Crippen LogP contribution in [-0.2, 0) is 0 Å². The molecule has 92 valence electrons. The van der Waals surface area contributed by atoms with Crippen molar-refractivity contribution in [1.82, 2.24) is 4.90 Å². The van der Waals surface area contributed by atoms with E-state index in [0.29, 0.717) is 6.61 Å². The van der Waals surface area contributed by atoms with Crippen LogP contribution in [0.4, 0.5) is 0 Å². The zero-order valence-electron chi connectivity index (χ0n) is 10.5. The fourth-order valence-electron chi connectivity index (χ4n) is 2.15. The summed E-state index contributed by atoms with van der Waals surface area (Å²) in [7, 11) is 0. The summed E-state index contributed by atoms with van der Waals surface area (Å²) in [5, 5.41) is 0. The molecule has 0 unspecified atom stereocenters. The van der Waals surface area contributed by atoms with Gasteiger partial charge in [0, 0.05) is 18.7 Å². The monoisotopic (exact) mass is 233 g/mol. The summed E-state index contributed by atoms with van der Waals surface area (Å²) in [6.45, 7) is 6.35. The van der Waals surface area contributed by atoms with Crippen LogP contribution in [0.3, 0.4) is 0 Å². The summed E-state index contributed by atoms with van der Waals surface area (Å²) >= 11 is 0. The molecule has 1 heterocycles. The lowest BCUT2D eigenvalue weighted by Crippen LogP contribution is -2.27. The summed E-state index contributed by atoms with van der Waals surface area (Å²) in [5.41, 5.74) is 1.81. The molecule has 1 aliphatic rings. The second-order valence-electron chi connectivity index (χ2n) is 4.41. The second kappa shape index (κ2) is 5.21. The zero-order valence-corrected chi connectivity index (χ0v) is 10.5. The van der Waals surface area contributed by atoms with Crippen LogP contribution < -0.4 is 4.74 Å². The Morgan fingerprint density at radius 3 is 2.71 bits per heavy atom. The smallest absolute Gasteiger partial charge is 0.253 e. The maximum atomic E-state index is 12.2. The molecule has 0 aromatic heterocycles. The molecule has 1 saturated heterocycles. The molecule has 0 spiro atoms. The van der Waals surface area contributed by atoms with E-state index in [1.54, 1.807) is 0 Å². The number of carbonyl (C=O) groups excluding carboxylic acids is 1.